The quantitative estimate of drug-likeness (QED) is 0.499. The van der Waals surface area contributed by atoms with Crippen molar-refractivity contribution < 1.29 is 13.6 Å². The molecule has 8 heteroatoms. The molecule has 5 rings (SSSR count). The first-order valence-electron chi connectivity index (χ1n) is 8.67. The number of carbonyl (C=O) groups excluding carboxylic acids is 1. The Kier molecular flexibility index (Phi) is 3.92. The molecule has 142 valence electrons. The number of hydrogen-bond acceptors (Lipinski definition) is 5. The van der Waals surface area contributed by atoms with Gasteiger partial charge in [0.25, 0.3) is 5.91 Å². The zero-order valence-corrected chi connectivity index (χ0v) is 15.4. The molecule has 2 aromatic heterocycles. The van der Waals surface area contributed by atoms with Crippen molar-refractivity contribution in [2.24, 2.45) is 0 Å². The second-order valence-corrected chi connectivity index (χ2v) is 6.93. The first kappa shape index (κ1) is 17.5. The molecule has 6 nitrogen and oxygen atoms in total. The van der Waals surface area contributed by atoms with E-state index in [9.17, 15) is 14.0 Å². The first-order chi connectivity index (χ1) is 14.0. The molecule has 0 unspecified atom stereocenters. The molecular weight excluding hydrogens is 397 g/mol. The van der Waals surface area contributed by atoms with E-state index in [2.05, 4.69) is 9.97 Å². The van der Waals surface area contributed by atoms with Crippen molar-refractivity contribution in [3.05, 3.63) is 98.9 Å². The highest BCUT2D eigenvalue weighted by Crippen LogP contribution is 2.40. The third-order valence-corrected chi connectivity index (χ3v) is 5.02. The van der Waals surface area contributed by atoms with Gasteiger partial charge in [0, 0.05) is 17.4 Å². The molecule has 0 saturated carbocycles. The molecule has 1 amide bonds. The topological polar surface area (TPSA) is 76.3 Å². The van der Waals surface area contributed by atoms with Crippen LogP contribution in [0.1, 0.15) is 27.7 Å². The van der Waals surface area contributed by atoms with E-state index in [1.807, 2.05) is 0 Å². The lowest BCUT2D eigenvalue weighted by molar-refractivity contribution is 0.0969. The predicted molar refractivity (Wildman–Crippen MR) is 105 cm³/mol. The summed E-state index contributed by atoms with van der Waals surface area (Å²) in [6, 6.07) is 10.9. The van der Waals surface area contributed by atoms with Gasteiger partial charge in [0.2, 0.25) is 11.7 Å². The van der Waals surface area contributed by atoms with Gasteiger partial charge < -0.3 is 4.42 Å². The third-order valence-electron chi connectivity index (χ3n) is 4.79. The highest BCUT2D eigenvalue weighted by atomic mass is 35.5. The van der Waals surface area contributed by atoms with Gasteiger partial charge in [-0.2, -0.15) is 0 Å². The second kappa shape index (κ2) is 6.49. The van der Waals surface area contributed by atoms with Crippen molar-refractivity contribution in [1.82, 2.24) is 9.97 Å². The molecule has 3 heterocycles. The van der Waals surface area contributed by atoms with Crippen molar-refractivity contribution in [2.75, 3.05) is 4.90 Å². The maximum absolute atomic E-state index is 13.5. The molecule has 29 heavy (non-hydrogen) atoms. The SMILES string of the molecule is O=C1c2oc3ccc(Cl)cc3c(=O)c2[C@@H](c2ccc(F)cc2)N1c1ncccn1. The van der Waals surface area contributed by atoms with Crippen molar-refractivity contribution in [3.8, 4) is 0 Å². The van der Waals surface area contributed by atoms with Crippen LogP contribution in [0.25, 0.3) is 11.0 Å². The molecular formula is C21H11ClFN3O3. The molecule has 0 fully saturated rings. The van der Waals surface area contributed by atoms with Gasteiger partial charge in [-0.15, -0.1) is 0 Å². The maximum atomic E-state index is 13.5. The maximum Gasteiger partial charge on any atom is 0.297 e. The van der Waals surface area contributed by atoms with Gasteiger partial charge >= 0.3 is 0 Å². The normalized spacial score (nSPS) is 15.7. The molecule has 0 aliphatic carbocycles. The zero-order valence-electron chi connectivity index (χ0n) is 14.7. The molecule has 2 aromatic carbocycles. The number of benzene rings is 2. The van der Waals surface area contributed by atoms with E-state index in [1.54, 1.807) is 18.2 Å². The number of rotatable bonds is 2. The number of aromatic nitrogens is 2. The summed E-state index contributed by atoms with van der Waals surface area (Å²) < 4.78 is 19.3. The summed E-state index contributed by atoms with van der Waals surface area (Å²) >= 11 is 6.05. The summed E-state index contributed by atoms with van der Waals surface area (Å²) in [5, 5.41) is 0.627. The molecule has 0 spiro atoms. The fraction of sp³-hybridized carbons (Fsp3) is 0.0476. The first-order valence-corrected chi connectivity index (χ1v) is 9.04. The summed E-state index contributed by atoms with van der Waals surface area (Å²) in [5.41, 5.74) is 0.536. The fourth-order valence-corrected chi connectivity index (χ4v) is 3.70. The monoisotopic (exact) mass is 407 g/mol. The smallest absolute Gasteiger partial charge is 0.297 e. The van der Waals surface area contributed by atoms with Gasteiger partial charge in [-0.25, -0.2) is 14.4 Å². The number of carbonyl (C=O) groups is 1. The lowest BCUT2D eigenvalue weighted by Gasteiger charge is -2.22. The molecule has 1 aliphatic heterocycles. The van der Waals surface area contributed by atoms with Crippen molar-refractivity contribution in [1.29, 1.82) is 0 Å². The van der Waals surface area contributed by atoms with Crippen molar-refractivity contribution >= 4 is 34.4 Å². The predicted octanol–water partition coefficient (Wildman–Crippen LogP) is 4.13. The minimum atomic E-state index is -0.861. The van der Waals surface area contributed by atoms with E-state index in [4.69, 9.17) is 16.0 Å². The van der Waals surface area contributed by atoms with Crippen molar-refractivity contribution in [3.63, 3.8) is 0 Å². The van der Waals surface area contributed by atoms with Crippen LogP contribution in [0.15, 0.2) is 70.1 Å². The zero-order chi connectivity index (χ0) is 20.1. The van der Waals surface area contributed by atoms with Gasteiger partial charge in [0.15, 0.2) is 5.43 Å². The van der Waals surface area contributed by atoms with Crippen LogP contribution in [-0.2, 0) is 0 Å². The van der Waals surface area contributed by atoms with Crippen LogP contribution in [0.4, 0.5) is 10.3 Å². The Morgan fingerprint density at radius 2 is 1.76 bits per heavy atom. The number of nitrogens with zero attached hydrogens (tertiary/aromatic N) is 3. The van der Waals surface area contributed by atoms with Gasteiger partial charge in [-0.1, -0.05) is 23.7 Å². The average Bonchev–Trinajstić information content (AvgIpc) is 3.03. The van der Waals surface area contributed by atoms with Crippen molar-refractivity contribution in [2.45, 2.75) is 6.04 Å². The number of hydrogen-bond donors (Lipinski definition) is 0. The minimum absolute atomic E-state index is 0.0911. The number of anilines is 1. The number of halogens is 2. The Morgan fingerprint density at radius 1 is 1.03 bits per heavy atom. The Labute approximate surface area is 168 Å². The molecule has 4 aromatic rings. The largest absolute Gasteiger partial charge is 0.450 e. The van der Waals surface area contributed by atoms with Crippen LogP contribution in [0.5, 0.6) is 0 Å². The van der Waals surface area contributed by atoms with E-state index in [0.717, 1.165) is 0 Å². The minimum Gasteiger partial charge on any atom is -0.450 e. The Bertz CT molecular complexity index is 1320. The Morgan fingerprint density at radius 3 is 2.48 bits per heavy atom. The molecule has 0 bridgehead atoms. The summed E-state index contributed by atoms with van der Waals surface area (Å²) in [4.78, 5) is 36.1. The van der Waals surface area contributed by atoms with Crippen LogP contribution < -0.4 is 10.3 Å². The highest BCUT2D eigenvalue weighted by Gasteiger charge is 2.44. The average molecular weight is 408 g/mol. The standard InChI is InChI=1S/C21H11ClFN3O3/c22-12-4-7-15-14(10-12)18(27)16-17(11-2-5-13(23)6-3-11)26(20(28)19(16)29-15)21-24-8-1-9-25-21/h1-10,17H/t17-/m1/s1. The van der Waals surface area contributed by atoms with Crippen LogP contribution in [-0.4, -0.2) is 15.9 Å². The Hall–Kier alpha value is -3.58. The van der Waals surface area contributed by atoms with E-state index in [-0.39, 0.29) is 33.7 Å². The third kappa shape index (κ3) is 2.70. The van der Waals surface area contributed by atoms with Gasteiger partial charge in [-0.05, 0) is 42.0 Å². The summed E-state index contributed by atoms with van der Waals surface area (Å²) in [5.74, 6) is -0.959. The van der Waals surface area contributed by atoms with Crippen LogP contribution in [0.2, 0.25) is 5.02 Å². The van der Waals surface area contributed by atoms with E-state index in [1.165, 1.54) is 47.6 Å². The van der Waals surface area contributed by atoms with Crippen LogP contribution in [0.3, 0.4) is 0 Å². The van der Waals surface area contributed by atoms with E-state index >= 15 is 0 Å². The lowest BCUT2D eigenvalue weighted by Crippen LogP contribution is -2.31. The molecule has 0 saturated heterocycles. The van der Waals surface area contributed by atoms with Gasteiger partial charge in [0.1, 0.15) is 11.4 Å². The number of amides is 1. The Balaban J connectivity index is 1.83. The van der Waals surface area contributed by atoms with Gasteiger partial charge in [-0.3, -0.25) is 14.5 Å². The molecule has 1 atom stereocenters. The highest BCUT2D eigenvalue weighted by molar-refractivity contribution is 6.31. The summed E-state index contributed by atoms with van der Waals surface area (Å²) in [7, 11) is 0. The molecule has 1 aliphatic rings. The number of fused-ring (bicyclic) bond motifs is 2. The fourth-order valence-electron chi connectivity index (χ4n) is 3.53. The van der Waals surface area contributed by atoms with Crippen LogP contribution >= 0.6 is 11.6 Å². The second-order valence-electron chi connectivity index (χ2n) is 6.49. The summed E-state index contributed by atoms with van der Waals surface area (Å²) in [6.45, 7) is 0. The molecule has 0 radical (unpaired) electrons. The van der Waals surface area contributed by atoms with Gasteiger partial charge in [0.05, 0.1) is 17.0 Å². The van der Waals surface area contributed by atoms with E-state index < -0.39 is 17.8 Å². The van der Waals surface area contributed by atoms with Crippen LogP contribution in [0, 0.1) is 5.82 Å². The lowest BCUT2D eigenvalue weighted by atomic mass is 9.98. The van der Waals surface area contributed by atoms with E-state index in [0.29, 0.717) is 10.6 Å². The molecule has 0 N–H and O–H groups in total. The summed E-state index contributed by atoms with van der Waals surface area (Å²) in [6.07, 6.45) is 2.98.